The van der Waals surface area contributed by atoms with E-state index >= 15 is 0 Å². The summed E-state index contributed by atoms with van der Waals surface area (Å²) in [5.41, 5.74) is 5.30. The summed E-state index contributed by atoms with van der Waals surface area (Å²) in [6.07, 6.45) is 8.36. The maximum Gasteiger partial charge on any atom is 0.165 e. The third-order valence-corrected chi connectivity index (χ3v) is 7.35. The molecule has 0 aromatic heterocycles. The molecular formula is C31H37FO. The van der Waals surface area contributed by atoms with Crippen molar-refractivity contribution < 1.29 is 9.13 Å². The standard InChI is InChI=1S/C31H37FO/c1-3-33-31-20-15-26(22-30(31)32)10-9-24-11-16-28(17-12-24)29-18-13-25(14-19-29)21-23(2)27-7-5-4-6-8-27/h4-8,11-12,15-17,20,22-23,25,29H,3,9-10,13-14,18-19,21H2,1-2H3/t23-,25?,29?/m1/s1. The van der Waals surface area contributed by atoms with Gasteiger partial charge in [-0.2, -0.15) is 0 Å². The highest BCUT2D eigenvalue weighted by Crippen LogP contribution is 2.39. The van der Waals surface area contributed by atoms with E-state index < -0.39 is 0 Å². The van der Waals surface area contributed by atoms with Gasteiger partial charge in [0.15, 0.2) is 11.6 Å². The van der Waals surface area contributed by atoms with Gasteiger partial charge in [-0.15, -0.1) is 0 Å². The molecule has 1 saturated carbocycles. The minimum Gasteiger partial charge on any atom is -0.491 e. The third kappa shape index (κ3) is 6.47. The molecular weight excluding hydrogens is 407 g/mol. The van der Waals surface area contributed by atoms with Crippen molar-refractivity contribution in [2.24, 2.45) is 5.92 Å². The normalized spacial score (nSPS) is 19.2. The Kier molecular flexibility index (Phi) is 8.20. The fourth-order valence-electron chi connectivity index (χ4n) is 5.37. The van der Waals surface area contributed by atoms with Crippen molar-refractivity contribution in [3.05, 3.63) is 101 Å². The largest absolute Gasteiger partial charge is 0.491 e. The Morgan fingerprint density at radius 3 is 2.18 bits per heavy atom. The van der Waals surface area contributed by atoms with E-state index in [2.05, 4.69) is 61.5 Å². The predicted molar refractivity (Wildman–Crippen MR) is 136 cm³/mol. The van der Waals surface area contributed by atoms with Crippen LogP contribution in [0.15, 0.2) is 72.8 Å². The van der Waals surface area contributed by atoms with Gasteiger partial charge in [0.2, 0.25) is 0 Å². The zero-order chi connectivity index (χ0) is 23.0. The van der Waals surface area contributed by atoms with E-state index in [1.165, 1.54) is 48.8 Å². The van der Waals surface area contributed by atoms with Gasteiger partial charge >= 0.3 is 0 Å². The van der Waals surface area contributed by atoms with E-state index in [-0.39, 0.29) is 5.82 Å². The second kappa shape index (κ2) is 11.5. The summed E-state index contributed by atoms with van der Waals surface area (Å²) in [7, 11) is 0. The lowest BCUT2D eigenvalue weighted by molar-refractivity contribution is 0.297. The molecule has 1 fully saturated rings. The molecule has 1 nitrogen and oxygen atoms in total. The Morgan fingerprint density at radius 1 is 0.848 bits per heavy atom. The van der Waals surface area contributed by atoms with Crippen LogP contribution in [-0.2, 0) is 12.8 Å². The SMILES string of the molecule is CCOc1ccc(CCc2ccc(C3CCC(C[C@@H](C)c4ccccc4)CC3)cc2)cc1F. The van der Waals surface area contributed by atoms with Crippen LogP contribution in [0.2, 0.25) is 0 Å². The topological polar surface area (TPSA) is 9.23 Å². The average Bonchev–Trinajstić information content (AvgIpc) is 2.86. The van der Waals surface area contributed by atoms with Crippen molar-refractivity contribution in [1.29, 1.82) is 0 Å². The molecule has 0 N–H and O–H groups in total. The van der Waals surface area contributed by atoms with Crippen LogP contribution in [0.25, 0.3) is 0 Å². The van der Waals surface area contributed by atoms with Crippen molar-refractivity contribution in [2.45, 2.75) is 70.6 Å². The van der Waals surface area contributed by atoms with Crippen molar-refractivity contribution in [2.75, 3.05) is 6.61 Å². The van der Waals surface area contributed by atoms with Crippen molar-refractivity contribution in [3.8, 4) is 5.75 Å². The minimum atomic E-state index is -0.265. The molecule has 0 heterocycles. The van der Waals surface area contributed by atoms with Crippen molar-refractivity contribution in [1.82, 2.24) is 0 Å². The lowest BCUT2D eigenvalue weighted by Gasteiger charge is -2.30. The maximum atomic E-state index is 14.1. The summed E-state index contributed by atoms with van der Waals surface area (Å²) in [6.45, 7) is 4.73. The lowest BCUT2D eigenvalue weighted by atomic mass is 9.75. The zero-order valence-corrected chi connectivity index (χ0v) is 20.1. The molecule has 0 amide bonds. The monoisotopic (exact) mass is 444 g/mol. The summed E-state index contributed by atoms with van der Waals surface area (Å²) in [4.78, 5) is 0. The second-order valence-corrected chi connectivity index (χ2v) is 9.70. The Labute approximate surface area is 199 Å². The first-order valence-electron chi connectivity index (χ1n) is 12.7. The summed E-state index contributed by atoms with van der Waals surface area (Å²) in [6, 6.07) is 25.5. The van der Waals surface area contributed by atoms with E-state index in [9.17, 15) is 4.39 Å². The molecule has 0 spiro atoms. The molecule has 0 aliphatic heterocycles. The van der Waals surface area contributed by atoms with E-state index in [0.29, 0.717) is 24.2 Å². The first-order chi connectivity index (χ1) is 16.1. The van der Waals surface area contributed by atoms with Gasteiger partial charge in [-0.05, 0) is 104 Å². The zero-order valence-electron chi connectivity index (χ0n) is 20.1. The molecule has 1 aliphatic rings. The van der Waals surface area contributed by atoms with Crippen LogP contribution in [0.1, 0.15) is 80.0 Å². The summed E-state index contributed by atoms with van der Waals surface area (Å²) in [5, 5.41) is 0. The molecule has 174 valence electrons. The number of rotatable bonds is 9. The molecule has 0 radical (unpaired) electrons. The molecule has 4 rings (SSSR count). The Hall–Kier alpha value is -2.61. The number of ether oxygens (including phenoxy) is 1. The van der Waals surface area contributed by atoms with Gasteiger partial charge in [0.25, 0.3) is 0 Å². The molecule has 0 unspecified atom stereocenters. The van der Waals surface area contributed by atoms with Crippen LogP contribution >= 0.6 is 0 Å². The highest BCUT2D eigenvalue weighted by molar-refractivity contribution is 5.31. The van der Waals surface area contributed by atoms with E-state index in [4.69, 9.17) is 4.74 Å². The smallest absolute Gasteiger partial charge is 0.165 e. The molecule has 0 saturated heterocycles. The fraction of sp³-hybridized carbons (Fsp3) is 0.419. The summed E-state index contributed by atoms with van der Waals surface area (Å²) >= 11 is 0. The van der Waals surface area contributed by atoms with Crippen LogP contribution in [0.3, 0.4) is 0 Å². The maximum absolute atomic E-state index is 14.1. The predicted octanol–water partition coefficient (Wildman–Crippen LogP) is 8.48. The highest BCUT2D eigenvalue weighted by atomic mass is 19.1. The van der Waals surface area contributed by atoms with Crippen LogP contribution in [0.5, 0.6) is 5.75 Å². The van der Waals surface area contributed by atoms with Crippen molar-refractivity contribution >= 4 is 0 Å². The molecule has 3 aromatic carbocycles. The minimum absolute atomic E-state index is 0.265. The van der Waals surface area contributed by atoms with Crippen molar-refractivity contribution in [3.63, 3.8) is 0 Å². The number of aryl methyl sites for hydroxylation is 2. The number of benzene rings is 3. The van der Waals surface area contributed by atoms with Gasteiger partial charge in [-0.3, -0.25) is 0 Å². The van der Waals surface area contributed by atoms with Gasteiger partial charge in [0.05, 0.1) is 6.61 Å². The summed E-state index contributed by atoms with van der Waals surface area (Å²) < 4.78 is 19.4. The van der Waals surface area contributed by atoms with Gasteiger partial charge in [0.1, 0.15) is 0 Å². The van der Waals surface area contributed by atoms with Gasteiger partial charge in [-0.25, -0.2) is 4.39 Å². The van der Waals surface area contributed by atoms with Gasteiger partial charge in [-0.1, -0.05) is 67.6 Å². The number of halogens is 1. The van der Waals surface area contributed by atoms with E-state index in [1.807, 2.05) is 13.0 Å². The molecule has 1 aliphatic carbocycles. The number of hydrogen-bond donors (Lipinski definition) is 0. The average molecular weight is 445 g/mol. The molecule has 33 heavy (non-hydrogen) atoms. The molecule has 3 aromatic rings. The third-order valence-electron chi connectivity index (χ3n) is 7.35. The Bertz CT molecular complexity index is 987. The fourth-order valence-corrected chi connectivity index (χ4v) is 5.37. The van der Waals surface area contributed by atoms with Crippen LogP contribution in [0.4, 0.5) is 4.39 Å². The molecule has 0 bridgehead atoms. The summed E-state index contributed by atoms with van der Waals surface area (Å²) in [5.74, 6) is 2.27. The van der Waals surface area contributed by atoms with E-state index in [0.717, 1.165) is 24.3 Å². The first-order valence-corrected chi connectivity index (χ1v) is 12.7. The first kappa shape index (κ1) is 23.5. The molecule has 1 atom stereocenters. The quantitative estimate of drug-likeness (QED) is 0.321. The number of hydrogen-bond acceptors (Lipinski definition) is 1. The van der Waals surface area contributed by atoms with Gasteiger partial charge < -0.3 is 4.74 Å². The van der Waals surface area contributed by atoms with Crippen LogP contribution in [0, 0.1) is 11.7 Å². The highest BCUT2D eigenvalue weighted by Gasteiger charge is 2.24. The van der Waals surface area contributed by atoms with Gasteiger partial charge in [0, 0.05) is 0 Å². The Morgan fingerprint density at radius 2 is 1.52 bits per heavy atom. The Balaban J connectivity index is 1.25. The lowest BCUT2D eigenvalue weighted by Crippen LogP contribution is -2.15. The van der Waals surface area contributed by atoms with Crippen LogP contribution < -0.4 is 4.74 Å². The molecule has 2 heteroatoms. The second-order valence-electron chi connectivity index (χ2n) is 9.70. The van der Waals surface area contributed by atoms with E-state index in [1.54, 1.807) is 12.1 Å². The van der Waals surface area contributed by atoms with Crippen LogP contribution in [-0.4, -0.2) is 6.61 Å².